The van der Waals surface area contributed by atoms with Crippen LogP contribution in [0.2, 0.25) is 0 Å². The van der Waals surface area contributed by atoms with Crippen LogP contribution in [0.4, 0.5) is 4.39 Å². The zero-order valence-corrected chi connectivity index (χ0v) is 11.7. The Hall–Kier alpha value is -1.41. The van der Waals surface area contributed by atoms with E-state index in [4.69, 9.17) is 9.84 Å². The number of ether oxygens (including phenoxy) is 1. The van der Waals surface area contributed by atoms with E-state index in [0.29, 0.717) is 18.0 Å². The highest BCUT2D eigenvalue weighted by atomic mass is 19.1. The van der Waals surface area contributed by atoms with E-state index in [1.165, 1.54) is 6.07 Å². The van der Waals surface area contributed by atoms with Crippen LogP contribution in [0.3, 0.4) is 0 Å². The highest BCUT2D eigenvalue weighted by Crippen LogP contribution is 2.16. The number of halogens is 1. The Bertz CT molecular complexity index is 501. The number of rotatable bonds is 4. The van der Waals surface area contributed by atoms with E-state index in [0.717, 1.165) is 31.7 Å². The largest absolute Gasteiger partial charge is 0.395 e. The molecule has 1 saturated heterocycles. The van der Waals surface area contributed by atoms with E-state index in [9.17, 15) is 4.39 Å². The third-order valence-electron chi connectivity index (χ3n) is 3.45. The molecule has 0 radical (unpaired) electrons. The fourth-order valence-electron chi connectivity index (χ4n) is 2.27. The lowest BCUT2D eigenvalue weighted by molar-refractivity contribution is 0.156. The average molecular weight is 277 g/mol. The summed E-state index contributed by atoms with van der Waals surface area (Å²) in [6.45, 7) is 2.33. The molecule has 0 saturated carbocycles. The van der Waals surface area contributed by atoms with Crippen LogP contribution in [0, 0.1) is 17.7 Å². The van der Waals surface area contributed by atoms with E-state index in [2.05, 4.69) is 23.8 Å². The van der Waals surface area contributed by atoms with Crippen molar-refractivity contribution < 1.29 is 14.2 Å². The Labute approximate surface area is 119 Å². The van der Waals surface area contributed by atoms with Crippen molar-refractivity contribution in [2.75, 3.05) is 26.9 Å². The van der Waals surface area contributed by atoms with Crippen molar-refractivity contribution in [1.82, 2.24) is 4.90 Å². The standard InChI is InChI=1S/C16H20FNO2/c1-18(15-7-9-20-12-15)11-13-5-6-16(17)14(10-13)4-2-3-8-19/h5-6,10,15,19H,3,7-9,11-12H2,1H3. The third-order valence-corrected chi connectivity index (χ3v) is 3.45. The Morgan fingerprint density at radius 2 is 2.35 bits per heavy atom. The smallest absolute Gasteiger partial charge is 0.138 e. The molecule has 1 fully saturated rings. The van der Waals surface area contributed by atoms with Crippen LogP contribution in [0.15, 0.2) is 18.2 Å². The fourth-order valence-corrected chi connectivity index (χ4v) is 2.27. The van der Waals surface area contributed by atoms with Gasteiger partial charge in [0.2, 0.25) is 0 Å². The van der Waals surface area contributed by atoms with Gasteiger partial charge >= 0.3 is 0 Å². The Morgan fingerprint density at radius 3 is 3.05 bits per heavy atom. The summed E-state index contributed by atoms with van der Waals surface area (Å²) in [5.41, 5.74) is 1.43. The molecule has 4 heteroatoms. The van der Waals surface area contributed by atoms with E-state index >= 15 is 0 Å². The summed E-state index contributed by atoms with van der Waals surface area (Å²) in [5.74, 6) is 5.21. The van der Waals surface area contributed by atoms with E-state index in [1.807, 2.05) is 0 Å². The molecule has 1 aromatic carbocycles. The van der Waals surface area contributed by atoms with Gasteiger partial charge in [0.05, 0.1) is 18.8 Å². The minimum atomic E-state index is -0.314. The molecule has 0 amide bonds. The SMILES string of the molecule is CN(Cc1ccc(F)c(C#CCCO)c1)C1CCOC1. The summed E-state index contributed by atoms with van der Waals surface area (Å²) in [7, 11) is 2.06. The molecule has 0 aliphatic carbocycles. The minimum absolute atomic E-state index is 0.00126. The first-order chi connectivity index (χ1) is 9.70. The number of nitrogens with zero attached hydrogens (tertiary/aromatic N) is 1. The molecule has 3 nitrogen and oxygen atoms in total. The molecule has 1 aliphatic heterocycles. The molecule has 1 aliphatic rings. The maximum absolute atomic E-state index is 13.6. The second-order valence-corrected chi connectivity index (χ2v) is 5.02. The van der Waals surface area contributed by atoms with Gasteiger partial charge in [0.25, 0.3) is 0 Å². The van der Waals surface area contributed by atoms with Crippen LogP contribution in [0.25, 0.3) is 0 Å². The molecule has 0 bridgehead atoms. The lowest BCUT2D eigenvalue weighted by atomic mass is 10.1. The summed E-state index contributed by atoms with van der Waals surface area (Å²) >= 11 is 0. The van der Waals surface area contributed by atoms with Crippen LogP contribution >= 0.6 is 0 Å². The molecule has 1 atom stereocenters. The summed E-state index contributed by atoms with van der Waals surface area (Å²) in [6, 6.07) is 5.46. The maximum Gasteiger partial charge on any atom is 0.138 e. The zero-order valence-electron chi connectivity index (χ0n) is 11.7. The molecular formula is C16H20FNO2. The predicted molar refractivity (Wildman–Crippen MR) is 75.7 cm³/mol. The van der Waals surface area contributed by atoms with Gasteiger partial charge in [-0.25, -0.2) is 4.39 Å². The van der Waals surface area contributed by atoms with Gasteiger partial charge in [-0.1, -0.05) is 17.9 Å². The van der Waals surface area contributed by atoms with Crippen molar-refractivity contribution in [3.05, 3.63) is 35.1 Å². The van der Waals surface area contributed by atoms with Crippen LogP contribution in [-0.2, 0) is 11.3 Å². The number of likely N-dealkylation sites (N-methyl/N-ethyl adjacent to an activating group) is 1. The number of hydrogen-bond acceptors (Lipinski definition) is 3. The molecule has 1 heterocycles. The number of aliphatic hydroxyl groups excluding tert-OH is 1. The molecular weight excluding hydrogens is 257 g/mol. The second-order valence-electron chi connectivity index (χ2n) is 5.02. The molecule has 0 aromatic heterocycles. The second kappa shape index (κ2) is 7.39. The zero-order chi connectivity index (χ0) is 14.4. The first kappa shape index (κ1) is 15.0. The van der Waals surface area contributed by atoms with Crippen molar-refractivity contribution in [3.63, 3.8) is 0 Å². The Morgan fingerprint density at radius 1 is 1.50 bits per heavy atom. The number of aliphatic hydroxyl groups is 1. The van der Waals surface area contributed by atoms with Crippen LogP contribution in [0.1, 0.15) is 24.0 Å². The van der Waals surface area contributed by atoms with Gasteiger partial charge < -0.3 is 9.84 Å². The quantitative estimate of drug-likeness (QED) is 0.852. The van der Waals surface area contributed by atoms with Gasteiger partial charge in [0.15, 0.2) is 0 Å². The summed E-state index contributed by atoms with van der Waals surface area (Å²) in [6.07, 6.45) is 1.41. The number of benzene rings is 1. The first-order valence-corrected chi connectivity index (χ1v) is 6.87. The van der Waals surface area contributed by atoms with Crippen molar-refractivity contribution >= 4 is 0 Å². The predicted octanol–water partition coefficient (Wildman–Crippen LogP) is 1.78. The van der Waals surface area contributed by atoms with Gasteiger partial charge in [-0.2, -0.15) is 0 Å². The van der Waals surface area contributed by atoms with Crippen LogP contribution < -0.4 is 0 Å². The van der Waals surface area contributed by atoms with E-state index in [1.54, 1.807) is 12.1 Å². The van der Waals surface area contributed by atoms with Crippen LogP contribution in [0.5, 0.6) is 0 Å². The summed E-state index contributed by atoms with van der Waals surface area (Å²) < 4.78 is 19.0. The molecule has 2 rings (SSSR count). The monoisotopic (exact) mass is 277 g/mol. The van der Waals surface area contributed by atoms with Crippen molar-refractivity contribution in [2.45, 2.75) is 25.4 Å². The van der Waals surface area contributed by atoms with Crippen molar-refractivity contribution in [1.29, 1.82) is 0 Å². The van der Waals surface area contributed by atoms with Gasteiger partial charge in [0, 0.05) is 25.6 Å². The average Bonchev–Trinajstić information content (AvgIpc) is 2.96. The van der Waals surface area contributed by atoms with E-state index < -0.39 is 0 Å². The maximum atomic E-state index is 13.6. The number of hydrogen-bond donors (Lipinski definition) is 1. The van der Waals surface area contributed by atoms with Crippen LogP contribution in [-0.4, -0.2) is 42.9 Å². The Balaban J connectivity index is 2.05. The normalized spacial score (nSPS) is 18.1. The summed E-state index contributed by atoms with van der Waals surface area (Å²) in [4.78, 5) is 2.23. The highest BCUT2D eigenvalue weighted by molar-refractivity contribution is 5.38. The third kappa shape index (κ3) is 4.04. The van der Waals surface area contributed by atoms with Gasteiger partial charge in [-0.05, 0) is 31.2 Å². The van der Waals surface area contributed by atoms with Gasteiger partial charge in [-0.3, -0.25) is 4.90 Å². The molecule has 1 N–H and O–H groups in total. The summed E-state index contributed by atoms with van der Waals surface area (Å²) in [5, 5.41) is 8.69. The van der Waals surface area contributed by atoms with E-state index in [-0.39, 0.29) is 12.4 Å². The minimum Gasteiger partial charge on any atom is -0.395 e. The lowest BCUT2D eigenvalue weighted by Crippen LogP contribution is -2.31. The molecule has 1 aromatic rings. The fraction of sp³-hybridized carbons (Fsp3) is 0.500. The lowest BCUT2D eigenvalue weighted by Gasteiger charge is -2.22. The van der Waals surface area contributed by atoms with Gasteiger partial charge in [-0.15, -0.1) is 0 Å². The molecule has 0 spiro atoms. The van der Waals surface area contributed by atoms with Crippen molar-refractivity contribution in [3.8, 4) is 11.8 Å². The highest BCUT2D eigenvalue weighted by Gasteiger charge is 2.20. The molecule has 108 valence electrons. The molecule has 20 heavy (non-hydrogen) atoms. The molecule has 1 unspecified atom stereocenters. The van der Waals surface area contributed by atoms with Crippen molar-refractivity contribution in [2.24, 2.45) is 0 Å². The Kier molecular flexibility index (Phi) is 5.54. The topological polar surface area (TPSA) is 32.7 Å². The van der Waals surface area contributed by atoms with Gasteiger partial charge in [0.1, 0.15) is 5.82 Å². The first-order valence-electron chi connectivity index (χ1n) is 6.87.